The number of benzene rings is 1. The van der Waals surface area contributed by atoms with Crippen LogP contribution in [0, 0.1) is 11.3 Å². The van der Waals surface area contributed by atoms with Gasteiger partial charge in [-0.05, 0) is 38.1 Å². The SMILES string of the molecule is CCN(CC)C(=O)CN(C)S(=O)(=O)c1ccc(C#N)cc1. The Kier molecular flexibility index (Phi) is 5.88. The van der Waals surface area contributed by atoms with Crippen LogP contribution < -0.4 is 0 Å². The Morgan fingerprint density at radius 3 is 2.14 bits per heavy atom. The van der Waals surface area contributed by atoms with Crippen LogP contribution in [0.4, 0.5) is 0 Å². The molecule has 0 aliphatic carbocycles. The van der Waals surface area contributed by atoms with Crippen molar-refractivity contribution >= 4 is 15.9 Å². The Bertz CT molecular complexity index is 628. The number of likely N-dealkylation sites (N-methyl/N-ethyl adjacent to an activating group) is 2. The molecular formula is C14H19N3O3S. The quantitative estimate of drug-likeness (QED) is 0.786. The molecule has 0 atom stereocenters. The monoisotopic (exact) mass is 309 g/mol. The van der Waals surface area contributed by atoms with Gasteiger partial charge < -0.3 is 4.90 Å². The first-order valence-corrected chi connectivity index (χ1v) is 8.05. The minimum Gasteiger partial charge on any atom is -0.342 e. The van der Waals surface area contributed by atoms with E-state index in [1.807, 2.05) is 19.9 Å². The molecule has 0 bridgehead atoms. The van der Waals surface area contributed by atoms with Crippen LogP contribution in [0.25, 0.3) is 0 Å². The van der Waals surface area contributed by atoms with Gasteiger partial charge in [0.15, 0.2) is 0 Å². The van der Waals surface area contributed by atoms with Gasteiger partial charge in [0.2, 0.25) is 15.9 Å². The highest BCUT2D eigenvalue weighted by Crippen LogP contribution is 2.15. The molecule has 0 N–H and O–H groups in total. The molecule has 0 aromatic heterocycles. The average Bonchev–Trinajstić information content (AvgIpc) is 2.48. The number of nitriles is 1. The van der Waals surface area contributed by atoms with E-state index in [1.54, 1.807) is 4.90 Å². The van der Waals surface area contributed by atoms with Crippen LogP contribution in [0.15, 0.2) is 29.2 Å². The van der Waals surface area contributed by atoms with Gasteiger partial charge in [-0.2, -0.15) is 9.57 Å². The number of sulfonamides is 1. The lowest BCUT2D eigenvalue weighted by molar-refractivity contribution is -0.130. The molecule has 1 rings (SSSR count). The number of hydrogen-bond donors (Lipinski definition) is 0. The van der Waals surface area contributed by atoms with Crippen molar-refractivity contribution in [3.8, 4) is 6.07 Å². The topological polar surface area (TPSA) is 81.5 Å². The number of amides is 1. The maximum atomic E-state index is 12.3. The van der Waals surface area contributed by atoms with E-state index in [2.05, 4.69) is 0 Å². The first-order valence-electron chi connectivity index (χ1n) is 6.61. The Balaban J connectivity index is 2.91. The molecule has 0 aliphatic heterocycles. The molecule has 6 nitrogen and oxygen atoms in total. The fourth-order valence-corrected chi connectivity index (χ4v) is 2.95. The van der Waals surface area contributed by atoms with E-state index in [0.717, 1.165) is 4.31 Å². The second-order valence-electron chi connectivity index (χ2n) is 4.46. The molecule has 1 aromatic rings. The minimum atomic E-state index is -3.73. The molecular weight excluding hydrogens is 290 g/mol. The summed E-state index contributed by atoms with van der Waals surface area (Å²) in [6.45, 7) is 4.57. The molecule has 21 heavy (non-hydrogen) atoms. The first kappa shape index (κ1) is 17.1. The summed E-state index contributed by atoms with van der Waals surface area (Å²) in [6, 6.07) is 7.54. The van der Waals surface area contributed by atoms with Gasteiger partial charge in [0.25, 0.3) is 0 Å². The van der Waals surface area contributed by atoms with Crippen molar-refractivity contribution in [1.82, 2.24) is 9.21 Å². The largest absolute Gasteiger partial charge is 0.342 e. The van der Waals surface area contributed by atoms with E-state index in [9.17, 15) is 13.2 Å². The Hall–Kier alpha value is -1.91. The highest BCUT2D eigenvalue weighted by Gasteiger charge is 2.24. The summed E-state index contributed by atoms with van der Waals surface area (Å²) in [4.78, 5) is 13.6. The zero-order chi connectivity index (χ0) is 16.0. The van der Waals surface area contributed by atoms with Crippen molar-refractivity contribution in [3.05, 3.63) is 29.8 Å². The highest BCUT2D eigenvalue weighted by atomic mass is 32.2. The molecule has 0 saturated heterocycles. The standard InChI is InChI=1S/C14H19N3O3S/c1-4-17(5-2)14(18)11-16(3)21(19,20)13-8-6-12(10-15)7-9-13/h6-9H,4-5,11H2,1-3H3. The smallest absolute Gasteiger partial charge is 0.243 e. The number of rotatable bonds is 6. The van der Waals surface area contributed by atoms with Crippen LogP contribution in [0.5, 0.6) is 0 Å². The van der Waals surface area contributed by atoms with Crippen LogP contribution in [-0.2, 0) is 14.8 Å². The van der Waals surface area contributed by atoms with Gasteiger partial charge in [0.05, 0.1) is 23.1 Å². The molecule has 0 spiro atoms. The van der Waals surface area contributed by atoms with Crippen LogP contribution in [-0.4, -0.2) is 50.2 Å². The van der Waals surface area contributed by atoms with Crippen molar-refractivity contribution in [3.63, 3.8) is 0 Å². The molecule has 1 aromatic carbocycles. The fourth-order valence-electron chi connectivity index (χ4n) is 1.83. The second kappa shape index (κ2) is 7.20. The highest BCUT2D eigenvalue weighted by molar-refractivity contribution is 7.89. The summed E-state index contributed by atoms with van der Waals surface area (Å²) in [6.07, 6.45) is 0. The van der Waals surface area contributed by atoms with Crippen molar-refractivity contribution in [2.45, 2.75) is 18.7 Å². The first-order chi connectivity index (χ1) is 9.86. The van der Waals surface area contributed by atoms with E-state index < -0.39 is 10.0 Å². The van der Waals surface area contributed by atoms with E-state index in [1.165, 1.54) is 31.3 Å². The lowest BCUT2D eigenvalue weighted by atomic mass is 10.2. The molecule has 0 radical (unpaired) electrons. The molecule has 114 valence electrons. The summed E-state index contributed by atoms with van der Waals surface area (Å²) in [7, 11) is -2.36. The van der Waals surface area contributed by atoms with Crippen LogP contribution in [0.1, 0.15) is 19.4 Å². The number of carbonyl (C=O) groups excluding carboxylic acids is 1. The third-order valence-corrected chi connectivity index (χ3v) is 4.98. The number of nitrogens with zero attached hydrogens (tertiary/aromatic N) is 3. The molecule has 0 unspecified atom stereocenters. The molecule has 1 amide bonds. The predicted molar refractivity (Wildman–Crippen MR) is 78.9 cm³/mol. The van der Waals surface area contributed by atoms with E-state index in [0.29, 0.717) is 18.7 Å². The minimum absolute atomic E-state index is 0.0661. The average molecular weight is 309 g/mol. The third kappa shape index (κ3) is 4.03. The van der Waals surface area contributed by atoms with Gasteiger partial charge >= 0.3 is 0 Å². The summed E-state index contributed by atoms with van der Waals surface area (Å²) in [5, 5.41) is 8.71. The Labute approximate surface area is 125 Å². The van der Waals surface area contributed by atoms with Crippen LogP contribution >= 0.6 is 0 Å². The van der Waals surface area contributed by atoms with E-state index in [4.69, 9.17) is 5.26 Å². The Morgan fingerprint density at radius 1 is 1.19 bits per heavy atom. The second-order valence-corrected chi connectivity index (χ2v) is 6.51. The lowest BCUT2D eigenvalue weighted by Crippen LogP contribution is -2.40. The van der Waals surface area contributed by atoms with Crippen molar-refractivity contribution in [1.29, 1.82) is 5.26 Å². The summed E-state index contributed by atoms with van der Waals surface area (Å²) < 4.78 is 25.7. The summed E-state index contributed by atoms with van der Waals surface area (Å²) >= 11 is 0. The molecule has 0 saturated carbocycles. The zero-order valence-electron chi connectivity index (χ0n) is 12.4. The summed E-state index contributed by atoms with van der Waals surface area (Å²) in [5.74, 6) is -0.236. The van der Waals surface area contributed by atoms with Gasteiger partial charge in [-0.25, -0.2) is 8.42 Å². The zero-order valence-corrected chi connectivity index (χ0v) is 13.2. The fraction of sp³-hybridized carbons (Fsp3) is 0.429. The molecule has 0 heterocycles. The van der Waals surface area contributed by atoms with Gasteiger partial charge in [-0.15, -0.1) is 0 Å². The number of carbonyl (C=O) groups is 1. The van der Waals surface area contributed by atoms with Gasteiger partial charge in [-0.1, -0.05) is 0 Å². The molecule has 0 aliphatic rings. The number of hydrogen-bond acceptors (Lipinski definition) is 4. The summed E-state index contributed by atoms with van der Waals surface area (Å²) in [5.41, 5.74) is 0.385. The maximum absolute atomic E-state index is 12.3. The van der Waals surface area contributed by atoms with Gasteiger partial charge in [0, 0.05) is 20.1 Å². The molecule has 0 fully saturated rings. The van der Waals surface area contributed by atoms with Crippen LogP contribution in [0.3, 0.4) is 0 Å². The predicted octanol–water partition coefficient (Wildman–Crippen LogP) is 1.05. The van der Waals surface area contributed by atoms with Crippen molar-refractivity contribution < 1.29 is 13.2 Å². The van der Waals surface area contributed by atoms with Crippen molar-refractivity contribution in [2.24, 2.45) is 0 Å². The van der Waals surface area contributed by atoms with Crippen LogP contribution in [0.2, 0.25) is 0 Å². The molecule has 7 heteroatoms. The van der Waals surface area contributed by atoms with Gasteiger partial charge in [0.1, 0.15) is 0 Å². The maximum Gasteiger partial charge on any atom is 0.243 e. The lowest BCUT2D eigenvalue weighted by Gasteiger charge is -2.22. The van der Waals surface area contributed by atoms with Crippen molar-refractivity contribution in [2.75, 3.05) is 26.7 Å². The third-order valence-electron chi connectivity index (χ3n) is 3.17. The normalized spacial score (nSPS) is 11.2. The Morgan fingerprint density at radius 2 is 1.71 bits per heavy atom. The van der Waals surface area contributed by atoms with E-state index in [-0.39, 0.29) is 17.3 Å². The van der Waals surface area contributed by atoms with Gasteiger partial charge in [-0.3, -0.25) is 4.79 Å². The van der Waals surface area contributed by atoms with E-state index >= 15 is 0 Å².